The maximum absolute atomic E-state index is 9.03. The topological polar surface area (TPSA) is 94.9 Å². The summed E-state index contributed by atoms with van der Waals surface area (Å²) in [6.45, 7) is 0.832. The van der Waals surface area contributed by atoms with E-state index in [1.54, 1.807) is 0 Å². The normalized spacial score (nSPS) is 29.3. The number of benzene rings is 2. The van der Waals surface area contributed by atoms with E-state index in [2.05, 4.69) is 10.0 Å². The van der Waals surface area contributed by atoms with Gasteiger partial charge in [-0.1, -0.05) is 101 Å². The Morgan fingerprint density at radius 3 is 2.09 bits per heavy atom. The van der Waals surface area contributed by atoms with Gasteiger partial charge in [0.25, 0.3) is 0 Å². The van der Waals surface area contributed by atoms with Gasteiger partial charge in [0.05, 0.1) is 19.8 Å². The second-order valence-electron chi connectivity index (χ2n) is 7.61. The third kappa shape index (κ3) is 6.31. The van der Waals surface area contributed by atoms with Crippen molar-refractivity contribution in [3.8, 4) is 0 Å². The van der Waals surface area contributed by atoms with E-state index in [1.807, 2.05) is 60.7 Å². The number of rotatable bonds is 8. The first-order valence-electron chi connectivity index (χ1n) is 10.3. The molecule has 2 heterocycles. The van der Waals surface area contributed by atoms with Crippen LogP contribution >= 0.6 is 34.8 Å². The molecule has 1 unspecified atom stereocenters. The van der Waals surface area contributed by atoms with Crippen LogP contribution < -0.4 is 0 Å². The van der Waals surface area contributed by atoms with Crippen molar-refractivity contribution in [2.24, 2.45) is 5.11 Å². The minimum Gasteiger partial charge on any atom is -0.374 e. The van der Waals surface area contributed by atoms with E-state index in [0.717, 1.165) is 11.1 Å². The molecule has 11 heteroatoms. The molecule has 176 valence electrons. The van der Waals surface area contributed by atoms with Gasteiger partial charge in [0, 0.05) is 4.91 Å². The lowest BCUT2D eigenvalue weighted by Crippen LogP contribution is -2.57. The van der Waals surface area contributed by atoms with Gasteiger partial charge in [0.2, 0.25) is 10.1 Å². The number of ether oxygens (including phenoxy) is 5. The highest BCUT2D eigenvalue weighted by molar-refractivity contribution is 6.67. The first kappa shape index (κ1) is 24.5. The lowest BCUT2D eigenvalue weighted by Gasteiger charge is -2.40. The van der Waals surface area contributed by atoms with Gasteiger partial charge in [-0.15, -0.1) is 0 Å². The molecule has 0 radical (unpaired) electrons. The Morgan fingerprint density at radius 2 is 1.48 bits per heavy atom. The van der Waals surface area contributed by atoms with Crippen LogP contribution in [-0.4, -0.2) is 47.3 Å². The van der Waals surface area contributed by atoms with Gasteiger partial charge in [-0.2, -0.15) is 0 Å². The van der Waals surface area contributed by atoms with Gasteiger partial charge in [0.15, 0.2) is 6.23 Å². The van der Waals surface area contributed by atoms with E-state index in [4.69, 9.17) is 64.0 Å². The maximum Gasteiger partial charge on any atom is 0.240 e. The number of fused-ring (bicyclic) bond motifs is 1. The van der Waals surface area contributed by atoms with Crippen molar-refractivity contribution in [1.29, 1.82) is 0 Å². The quantitative estimate of drug-likeness (QED) is 0.206. The zero-order chi connectivity index (χ0) is 23.3. The van der Waals surface area contributed by atoms with Crippen molar-refractivity contribution in [2.75, 3.05) is 6.61 Å². The molecule has 0 N–H and O–H groups in total. The monoisotopic (exact) mass is 513 g/mol. The molecule has 0 bridgehead atoms. The van der Waals surface area contributed by atoms with Crippen LogP contribution in [0.4, 0.5) is 0 Å². The Morgan fingerprint density at radius 1 is 0.879 bits per heavy atom. The molecule has 8 nitrogen and oxygen atoms in total. The van der Waals surface area contributed by atoms with Crippen LogP contribution in [0.2, 0.25) is 0 Å². The number of alkyl halides is 3. The van der Waals surface area contributed by atoms with Crippen molar-refractivity contribution in [2.45, 2.75) is 53.9 Å². The summed E-state index contributed by atoms with van der Waals surface area (Å²) >= 11 is 18.0. The van der Waals surface area contributed by atoms with E-state index in [9.17, 15) is 0 Å². The highest BCUT2D eigenvalue weighted by atomic mass is 35.6. The number of hydrogen-bond donors (Lipinski definition) is 0. The number of azide groups is 1. The summed E-state index contributed by atoms with van der Waals surface area (Å²) in [5, 5.41) is 3.72. The van der Waals surface area contributed by atoms with Crippen molar-refractivity contribution in [3.63, 3.8) is 0 Å². The predicted molar refractivity (Wildman–Crippen MR) is 123 cm³/mol. The summed E-state index contributed by atoms with van der Waals surface area (Å²) in [6.07, 6.45) is -4.94. The third-order valence-corrected chi connectivity index (χ3v) is 5.82. The molecule has 6 atom stereocenters. The van der Waals surface area contributed by atoms with Crippen molar-refractivity contribution in [1.82, 2.24) is 0 Å². The molecule has 2 aliphatic rings. The number of nitrogens with zero attached hydrogens (tertiary/aromatic N) is 3. The largest absolute Gasteiger partial charge is 0.374 e. The lowest BCUT2D eigenvalue weighted by molar-refractivity contribution is -0.218. The van der Waals surface area contributed by atoms with Gasteiger partial charge in [-0.3, -0.25) is 0 Å². The number of halogens is 3. The molecule has 2 fully saturated rings. The molecule has 0 amide bonds. The van der Waals surface area contributed by atoms with Crippen LogP contribution in [0.3, 0.4) is 0 Å². The molecular formula is C22H22Cl3N3O5. The molecule has 2 saturated heterocycles. The van der Waals surface area contributed by atoms with E-state index < -0.39 is 40.7 Å². The molecule has 0 aromatic heterocycles. The summed E-state index contributed by atoms with van der Waals surface area (Å²) in [5.41, 5.74) is 11.0. The van der Waals surface area contributed by atoms with Crippen LogP contribution in [0.5, 0.6) is 0 Å². The highest BCUT2D eigenvalue weighted by Gasteiger charge is 2.57. The van der Waals surface area contributed by atoms with Gasteiger partial charge >= 0.3 is 0 Å². The first-order valence-corrected chi connectivity index (χ1v) is 11.4. The molecule has 2 aromatic rings. The van der Waals surface area contributed by atoms with E-state index in [0.29, 0.717) is 13.2 Å². The fraction of sp³-hybridized carbons (Fsp3) is 0.455. The summed E-state index contributed by atoms with van der Waals surface area (Å²) in [5.74, 6) is 0. The summed E-state index contributed by atoms with van der Waals surface area (Å²) < 4.78 is 28.0. The van der Waals surface area contributed by atoms with Crippen LogP contribution in [0.15, 0.2) is 65.8 Å². The predicted octanol–water partition coefficient (Wildman–Crippen LogP) is 5.30. The molecule has 33 heavy (non-hydrogen) atoms. The van der Waals surface area contributed by atoms with Crippen LogP contribution in [0.1, 0.15) is 11.1 Å². The summed E-state index contributed by atoms with van der Waals surface area (Å²) in [7, 11) is 0. The minimum absolute atomic E-state index is 0.164. The Labute approximate surface area is 206 Å². The second kappa shape index (κ2) is 11.2. The third-order valence-electron chi connectivity index (χ3n) is 5.28. The standard InChI is InChI=1S/C22H22Cl3N3O5/c23-22(24,25)21-32-18-17(30-12-15-9-5-2-6-10-15)16(31-20(27-28-26)19(18)33-21)13-29-11-14-7-3-1-4-8-14/h1-10,16-21H,11-13H2/t16-,17+,18-,19-,20-,21?/m1/s1. The van der Waals surface area contributed by atoms with Gasteiger partial charge < -0.3 is 23.7 Å². The molecule has 0 spiro atoms. The van der Waals surface area contributed by atoms with Gasteiger partial charge in [-0.25, -0.2) is 0 Å². The summed E-state index contributed by atoms with van der Waals surface area (Å²) in [6, 6.07) is 19.4. The fourth-order valence-corrected chi connectivity index (χ4v) is 4.09. The van der Waals surface area contributed by atoms with Crippen LogP contribution in [0.25, 0.3) is 10.4 Å². The van der Waals surface area contributed by atoms with Crippen molar-refractivity contribution >= 4 is 34.8 Å². The maximum atomic E-state index is 9.03. The highest BCUT2D eigenvalue weighted by Crippen LogP contribution is 2.43. The smallest absolute Gasteiger partial charge is 0.240 e. The molecule has 2 aromatic carbocycles. The SMILES string of the molecule is [N-]=[N+]=N[C@@H]1O[C@H](COCc2ccccc2)[C@H](OCc2ccccc2)[C@H]2OC(C(Cl)(Cl)Cl)O[C@H]21. The Bertz CT molecular complexity index is 943. The molecule has 0 saturated carbocycles. The van der Waals surface area contributed by atoms with Crippen molar-refractivity contribution < 1.29 is 23.7 Å². The van der Waals surface area contributed by atoms with Gasteiger partial charge in [-0.05, 0) is 16.7 Å². The van der Waals surface area contributed by atoms with E-state index in [1.165, 1.54) is 0 Å². The lowest BCUT2D eigenvalue weighted by atomic mass is 9.98. The zero-order valence-corrected chi connectivity index (χ0v) is 19.6. The molecule has 4 rings (SSSR count). The number of hydrogen-bond acceptors (Lipinski definition) is 6. The Kier molecular flexibility index (Phi) is 8.35. The van der Waals surface area contributed by atoms with E-state index >= 15 is 0 Å². The minimum atomic E-state index is -1.85. The van der Waals surface area contributed by atoms with Gasteiger partial charge in [0.1, 0.15) is 24.4 Å². The second-order valence-corrected chi connectivity index (χ2v) is 9.98. The van der Waals surface area contributed by atoms with E-state index in [-0.39, 0.29) is 6.61 Å². The summed E-state index contributed by atoms with van der Waals surface area (Å²) in [4.78, 5) is 2.87. The van der Waals surface area contributed by atoms with Crippen molar-refractivity contribution in [3.05, 3.63) is 82.2 Å². The first-order chi connectivity index (χ1) is 16.0. The average molecular weight is 515 g/mol. The molecule has 0 aliphatic carbocycles. The average Bonchev–Trinajstić information content (AvgIpc) is 3.27. The zero-order valence-electron chi connectivity index (χ0n) is 17.4. The molecular weight excluding hydrogens is 493 g/mol. The fourth-order valence-electron chi connectivity index (χ4n) is 3.78. The van der Waals surface area contributed by atoms with Crippen LogP contribution in [-0.2, 0) is 36.9 Å². The molecule has 2 aliphatic heterocycles. The van der Waals surface area contributed by atoms with Crippen LogP contribution in [0, 0.1) is 0 Å². The Hall–Kier alpha value is -1.58. The Balaban J connectivity index is 1.52.